The Bertz CT molecular complexity index is 1690. The van der Waals surface area contributed by atoms with Crippen molar-refractivity contribution in [2.75, 3.05) is 25.4 Å². The van der Waals surface area contributed by atoms with Crippen molar-refractivity contribution in [3.63, 3.8) is 0 Å². The molecule has 0 radical (unpaired) electrons. The molecule has 11 heteroatoms. The fourth-order valence-electron chi connectivity index (χ4n) is 5.08. The molecule has 41 heavy (non-hydrogen) atoms. The van der Waals surface area contributed by atoms with E-state index in [9.17, 15) is 14.9 Å². The van der Waals surface area contributed by atoms with Crippen LogP contribution in [-0.2, 0) is 11.3 Å². The van der Waals surface area contributed by atoms with Gasteiger partial charge >= 0.3 is 5.69 Å². The Hall–Kier alpha value is -4.95. The van der Waals surface area contributed by atoms with Crippen LogP contribution in [0.5, 0.6) is 11.5 Å². The molecule has 0 atom stereocenters. The summed E-state index contributed by atoms with van der Waals surface area (Å²) in [5, 5.41) is 12.9. The number of carbonyl (C=O) groups is 1. The molecule has 11 nitrogen and oxygen atoms in total. The van der Waals surface area contributed by atoms with Crippen LogP contribution in [0, 0.1) is 17.2 Å². The number of benzene rings is 2. The number of nitrogens with one attached hydrogen (secondary N) is 1. The van der Waals surface area contributed by atoms with Gasteiger partial charge in [-0.15, -0.1) is 0 Å². The number of nitrogen functional groups attached to an aromatic ring is 1. The predicted molar refractivity (Wildman–Crippen MR) is 156 cm³/mol. The van der Waals surface area contributed by atoms with Gasteiger partial charge in [-0.05, 0) is 62.9 Å². The molecule has 210 valence electrons. The van der Waals surface area contributed by atoms with Crippen LogP contribution >= 0.6 is 0 Å². The largest absolute Gasteiger partial charge is 0.457 e. The van der Waals surface area contributed by atoms with Crippen molar-refractivity contribution >= 4 is 22.9 Å². The minimum atomic E-state index is -0.486. The van der Waals surface area contributed by atoms with Gasteiger partial charge in [0, 0.05) is 31.1 Å². The minimum Gasteiger partial charge on any atom is -0.457 e. The Kier molecular flexibility index (Phi) is 7.59. The third-order valence-electron chi connectivity index (χ3n) is 6.98. The Morgan fingerprint density at radius 2 is 1.83 bits per heavy atom. The number of rotatable bonds is 9. The Balaban J connectivity index is 1.36. The van der Waals surface area contributed by atoms with Crippen molar-refractivity contribution in [2.24, 2.45) is 5.92 Å². The Labute approximate surface area is 237 Å². The van der Waals surface area contributed by atoms with E-state index in [-0.39, 0.29) is 28.9 Å². The maximum absolute atomic E-state index is 13.7. The summed E-state index contributed by atoms with van der Waals surface area (Å²) in [4.78, 5) is 36.8. The van der Waals surface area contributed by atoms with E-state index in [0.29, 0.717) is 54.5 Å². The maximum atomic E-state index is 13.7. The first-order chi connectivity index (χ1) is 19.7. The SMILES string of the molecule is CCNC(C)(C)/C=C(/C#N)C(=O)N1CC(Cn2c(=O)n(-c3ccc(Oc4ccccc4)cc3)c3c(N)ncnc32)C1. The van der Waals surface area contributed by atoms with Crippen molar-refractivity contribution in [3.05, 3.63) is 83.1 Å². The standard InChI is InChI=1S/C30H32N8O3/c1-4-35-30(2,3)14-21(15-31)28(39)36-16-20(17-36)18-37-27-25(26(32)33-19-34-27)38(29(37)40)22-10-12-24(13-11-22)41-23-8-6-5-7-9-23/h5-14,19-20,35H,4,16-18H2,1-3H3,(H2,32,33,34)/b21-14-. The number of fused-ring (bicyclic) bond motifs is 1. The van der Waals surface area contributed by atoms with Crippen molar-refractivity contribution in [2.45, 2.75) is 32.9 Å². The molecule has 1 fully saturated rings. The number of nitrogens with zero attached hydrogens (tertiary/aromatic N) is 6. The second-order valence-corrected chi connectivity index (χ2v) is 10.6. The van der Waals surface area contributed by atoms with E-state index >= 15 is 0 Å². The first-order valence-electron chi connectivity index (χ1n) is 13.4. The highest BCUT2D eigenvalue weighted by molar-refractivity contribution is 5.98. The van der Waals surface area contributed by atoms with Crippen LogP contribution in [0.1, 0.15) is 20.8 Å². The number of hydrogen-bond acceptors (Lipinski definition) is 8. The van der Waals surface area contributed by atoms with Crippen LogP contribution < -0.4 is 21.5 Å². The predicted octanol–water partition coefficient (Wildman–Crippen LogP) is 3.25. The number of anilines is 1. The first kappa shape index (κ1) is 27.6. The third kappa shape index (κ3) is 5.69. The molecule has 2 aromatic heterocycles. The number of hydrogen-bond donors (Lipinski definition) is 2. The first-order valence-corrected chi connectivity index (χ1v) is 13.4. The number of likely N-dealkylation sites (tertiary alicyclic amines) is 1. The monoisotopic (exact) mass is 552 g/mol. The van der Waals surface area contributed by atoms with Gasteiger partial charge in [-0.3, -0.25) is 13.9 Å². The molecule has 0 bridgehead atoms. The maximum Gasteiger partial charge on any atom is 0.335 e. The topological polar surface area (TPSA) is 144 Å². The Morgan fingerprint density at radius 1 is 1.15 bits per heavy atom. The molecule has 1 saturated heterocycles. The van der Waals surface area contributed by atoms with Gasteiger partial charge < -0.3 is 20.7 Å². The average molecular weight is 553 g/mol. The van der Waals surface area contributed by atoms with Gasteiger partial charge in [0.05, 0.1) is 5.69 Å². The lowest BCUT2D eigenvalue weighted by Gasteiger charge is -2.39. The van der Waals surface area contributed by atoms with E-state index in [0.717, 1.165) is 0 Å². The lowest BCUT2D eigenvalue weighted by Crippen LogP contribution is -2.52. The summed E-state index contributed by atoms with van der Waals surface area (Å²) < 4.78 is 8.95. The van der Waals surface area contributed by atoms with E-state index in [1.165, 1.54) is 10.9 Å². The highest BCUT2D eigenvalue weighted by Gasteiger charge is 2.34. The zero-order chi connectivity index (χ0) is 29.1. The van der Waals surface area contributed by atoms with E-state index in [1.807, 2.05) is 57.2 Å². The van der Waals surface area contributed by atoms with E-state index in [2.05, 4.69) is 15.3 Å². The summed E-state index contributed by atoms with van der Waals surface area (Å²) in [7, 11) is 0. The van der Waals surface area contributed by atoms with Crippen LogP contribution in [-0.4, -0.2) is 55.1 Å². The zero-order valence-electron chi connectivity index (χ0n) is 23.2. The lowest BCUT2D eigenvalue weighted by atomic mass is 9.96. The van der Waals surface area contributed by atoms with Gasteiger partial charge in [-0.1, -0.05) is 25.1 Å². The molecule has 1 amide bonds. The van der Waals surface area contributed by atoms with Crippen LogP contribution in [0.3, 0.4) is 0 Å². The molecule has 4 aromatic rings. The zero-order valence-corrected chi connectivity index (χ0v) is 23.2. The highest BCUT2D eigenvalue weighted by Crippen LogP contribution is 2.27. The van der Waals surface area contributed by atoms with Crippen LogP contribution in [0.4, 0.5) is 5.82 Å². The average Bonchev–Trinajstić information content (AvgIpc) is 3.21. The molecule has 5 rings (SSSR count). The van der Waals surface area contributed by atoms with E-state index < -0.39 is 5.54 Å². The second-order valence-electron chi connectivity index (χ2n) is 10.6. The molecule has 2 aromatic carbocycles. The minimum absolute atomic E-state index is 0.00950. The van der Waals surface area contributed by atoms with Crippen molar-refractivity contribution in [1.29, 1.82) is 5.26 Å². The van der Waals surface area contributed by atoms with Crippen molar-refractivity contribution in [3.8, 4) is 23.3 Å². The van der Waals surface area contributed by atoms with Gasteiger partial charge in [0.2, 0.25) is 0 Å². The second kappa shape index (κ2) is 11.3. The molecule has 0 unspecified atom stereocenters. The molecule has 3 N–H and O–H groups in total. The fourth-order valence-corrected chi connectivity index (χ4v) is 5.08. The molecular weight excluding hydrogens is 520 g/mol. The van der Waals surface area contributed by atoms with Crippen LogP contribution in [0.25, 0.3) is 16.9 Å². The quantitative estimate of drug-likeness (QED) is 0.238. The van der Waals surface area contributed by atoms with Crippen LogP contribution in [0.2, 0.25) is 0 Å². The van der Waals surface area contributed by atoms with Crippen LogP contribution in [0.15, 0.2) is 77.4 Å². The third-order valence-corrected chi connectivity index (χ3v) is 6.98. The van der Waals surface area contributed by atoms with Gasteiger partial charge in [-0.2, -0.15) is 5.26 Å². The van der Waals surface area contributed by atoms with Gasteiger partial charge in [0.15, 0.2) is 11.5 Å². The summed E-state index contributed by atoms with van der Waals surface area (Å²) in [5.41, 5.74) is 6.96. The van der Waals surface area contributed by atoms with E-state index in [1.54, 1.807) is 39.8 Å². The summed E-state index contributed by atoms with van der Waals surface area (Å²) in [6.07, 6.45) is 3.00. The number of para-hydroxylation sites is 1. The summed E-state index contributed by atoms with van der Waals surface area (Å²) in [5.74, 6) is 1.22. The number of carbonyl (C=O) groups excluding carboxylic acids is 1. The van der Waals surface area contributed by atoms with Gasteiger partial charge in [0.25, 0.3) is 5.91 Å². The van der Waals surface area contributed by atoms with Crippen molar-refractivity contribution in [1.82, 2.24) is 29.3 Å². The molecule has 1 aliphatic heterocycles. The molecule has 0 spiro atoms. The van der Waals surface area contributed by atoms with Crippen molar-refractivity contribution < 1.29 is 9.53 Å². The number of likely N-dealkylation sites (N-methyl/N-ethyl adjacent to an activating group) is 1. The molecule has 3 heterocycles. The number of imidazole rings is 1. The highest BCUT2D eigenvalue weighted by atomic mass is 16.5. The molecule has 0 aliphatic carbocycles. The summed E-state index contributed by atoms with van der Waals surface area (Å²) in [6.45, 7) is 7.70. The smallest absolute Gasteiger partial charge is 0.335 e. The Morgan fingerprint density at radius 3 is 2.49 bits per heavy atom. The number of aromatic nitrogens is 4. The van der Waals surface area contributed by atoms with Gasteiger partial charge in [0.1, 0.15) is 35.0 Å². The molecule has 1 aliphatic rings. The number of nitriles is 1. The van der Waals surface area contributed by atoms with Gasteiger partial charge in [-0.25, -0.2) is 14.8 Å². The summed E-state index contributed by atoms with van der Waals surface area (Å²) in [6, 6.07) is 18.6. The normalized spacial score (nSPS) is 14.1. The summed E-state index contributed by atoms with van der Waals surface area (Å²) >= 11 is 0. The lowest BCUT2D eigenvalue weighted by molar-refractivity contribution is -0.133. The number of nitrogens with two attached hydrogens (primary N) is 1. The molecule has 0 saturated carbocycles. The number of ether oxygens (including phenoxy) is 1. The number of amides is 1. The fraction of sp³-hybridized carbons (Fsp3) is 0.300. The van der Waals surface area contributed by atoms with E-state index in [4.69, 9.17) is 10.5 Å². The molecular formula is C30H32N8O3.